The monoisotopic (exact) mass is 336 g/mol. The van der Waals surface area contributed by atoms with E-state index in [-0.39, 0.29) is 24.1 Å². The molecule has 2 bridgehead atoms. The number of nitrogens with one attached hydrogen (secondary N) is 1. The van der Waals surface area contributed by atoms with E-state index in [1.54, 1.807) is 0 Å². The number of nitrogens with zero attached hydrogens (tertiary/aromatic N) is 1. The summed E-state index contributed by atoms with van der Waals surface area (Å²) in [5, 5.41) is 3.59. The third-order valence-electron chi connectivity index (χ3n) is 4.77. The zero-order valence-electron chi connectivity index (χ0n) is 13.4. The number of ketones is 1. The summed E-state index contributed by atoms with van der Waals surface area (Å²) in [6, 6.07) is 10.4. The predicted molar refractivity (Wildman–Crippen MR) is 93.0 cm³/mol. The van der Waals surface area contributed by atoms with E-state index < -0.39 is 0 Å². The van der Waals surface area contributed by atoms with Crippen LogP contribution < -0.4 is 5.32 Å². The van der Waals surface area contributed by atoms with Gasteiger partial charge in [0.15, 0.2) is 5.78 Å². The number of Topliss-reactive ketones (excluding diaryl/α,β-unsaturated/α-hetero) is 1. The molecule has 1 N–H and O–H groups in total. The van der Waals surface area contributed by atoms with E-state index in [2.05, 4.69) is 5.32 Å². The molecule has 3 rings (SSSR count). The number of halogens is 1. The Labute approximate surface area is 144 Å². The van der Waals surface area contributed by atoms with Crippen molar-refractivity contribution < 1.29 is 9.59 Å². The zero-order chi connectivity index (χ0) is 15.4. The van der Waals surface area contributed by atoms with Crippen LogP contribution >= 0.6 is 12.4 Å². The quantitative estimate of drug-likeness (QED) is 0.841. The maximum absolute atomic E-state index is 12.3. The molecule has 0 saturated carbocycles. The number of carbonyl (C=O) groups is 2. The van der Waals surface area contributed by atoms with Crippen molar-refractivity contribution in [2.45, 2.75) is 50.6 Å². The van der Waals surface area contributed by atoms with Gasteiger partial charge in [-0.2, -0.15) is 0 Å². The first-order valence-electron chi connectivity index (χ1n) is 8.34. The van der Waals surface area contributed by atoms with Crippen molar-refractivity contribution in [2.75, 3.05) is 13.1 Å². The van der Waals surface area contributed by atoms with Gasteiger partial charge in [-0.25, -0.2) is 0 Å². The Hall–Kier alpha value is -1.39. The Balaban J connectivity index is 0.00000192. The summed E-state index contributed by atoms with van der Waals surface area (Å²) < 4.78 is 0. The summed E-state index contributed by atoms with van der Waals surface area (Å²) >= 11 is 0. The van der Waals surface area contributed by atoms with E-state index in [9.17, 15) is 9.59 Å². The van der Waals surface area contributed by atoms with Gasteiger partial charge in [0.25, 0.3) is 0 Å². The van der Waals surface area contributed by atoms with Crippen molar-refractivity contribution in [1.82, 2.24) is 10.2 Å². The van der Waals surface area contributed by atoms with E-state index in [1.165, 1.54) is 12.8 Å². The van der Waals surface area contributed by atoms with Crippen molar-refractivity contribution in [1.29, 1.82) is 0 Å². The highest BCUT2D eigenvalue weighted by atomic mass is 35.5. The van der Waals surface area contributed by atoms with Crippen molar-refractivity contribution in [2.24, 2.45) is 0 Å². The topological polar surface area (TPSA) is 49.4 Å². The van der Waals surface area contributed by atoms with E-state index in [0.717, 1.165) is 25.1 Å². The number of benzene rings is 1. The Morgan fingerprint density at radius 1 is 1.04 bits per heavy atom. The van der Waals surface area contributed by atoms with Gasteiger partial charge in [-0.1, -0.05) is 30.3 Å². The molecule has 1 amide bonds. The van der Waals surface area contributed by atoms with Gasteiger partial charge < -0.3 is 10.2 Å². The van der Waals surface area contributed by atoms with E-state index in [1.807, 2.05) is 35.2 Å². The Bertz CT molecular complexity index is 535. The molecule has 2 aliphatic rings. The SMILES string of the molecule is Cl.O=C(CCCC(=O)N1CC[C@H]2CC[C@@H](C1)N2)c1ccccc1. The number of hydrogen-bond acceptors (Lipinski definition) is 3. The highest BCUT2D eigenvalue weighted by molar-refractivity contribution is 5.96. The summed E-state index contributed by atoms with van der Waals surface area (Å²) in [5.41, 5.74) is 0.742. The smallest absolute Gasteiger partial charge is 0.222 e. The highest BCUT2D eigenvalue weighted by Crippen LogP contribution is 2.21. The molecule has 1 aromatic rings. The van der Waals surface area contributed by atoms with Gasteiger partial charge in [0.05, 0.1) is 0 Å². The van der Waals surface area contributed by atoms with Crippen LogP contribution in [0.2, 0.25) is 0 Å². The van der Waals surface area contributed by atoms with Crippen molar-refractivity contribution in [3.63, 3.8) is 0 Å². The van der Waals surface area contributed by atoms with Crippen molar-refractivity contribution in [3.05, 3.63) is 35.9 Å². The second kappa shape index (κ2) is 8.46. The molecule has 2 saturated heterocycles. The van der Waals surface area contributed by atoms with E-state index in [4.69, 9.17) is 0 Å². The number of amides is 1. The van der Waals surface area contributed by atoms with Crippen molar-refractivity contribution in [3.8, 4) is 0 Å². The summed E-state index contributed by atoms with van der Waals surface area (Å²) in [7, 11) is 0. The summed E-state index contributed by atoms with van der Waals surface area (Å²) in [4.78, 5) is 26.3. The van der Waals surface area contributed by atoms with Crippen LogP contribution in [0.1, 0.15) is 48.9 Å². The molecule has 23 heavy (non-hydrogen) atoms. The molecule has 0 unspecified atom stereocenters. The van der Waals surface area contributed by atoms with Gasteiger partial charge in [0.1, 0.15) is 0 Å². The molecule has 0 aromatic heterocycles. The lowest BCUT2D eigenvalue weighted by atomic mass is 10.0. The molecular weight excluding hydrogens is 312 g/mol. The lowest BCUT2D eigenvalue weighted by Gasteiger charge is -2.24. The van der Waals surface area contributed by atoms with Gasteiger partial charge in [-0.3, -0.25) is 9.59 Å². The largest absolute Gasteiger partial charge is 0.341 e. The molecule has 126 valence electrons. The maximum atomic E-state index is 12.3. The summed E-state index contributed by atoms with van der Waals surface area (Å²) in [5.74, 6) is 0.334. The lowest BCUT2D eigenvalue weighted by Crippen LogP contribution is -2.38. The molecule has 0 radical (unpaired) electrons. The van der Waals surface area contributed by atoms with Gasteiger partial charge in [-0.05, 0) is 25.7 Å². The first-order valence-corrected chi connectivity index (χ1v) is 8.34. The zero-order valence-corrected chi connectivity index (χ0v) is 14.2. The van der Waals surface area contributed by atoms with Crippen LogP contribution in [0.5, 0.6) is 0 Å². The van der Waals surface area contributed by atoms with Gasteiger partial charge in [0, 0.05) is 43.6 Å². The Morgan fingerprint density at radius 2 is 1.78 bits per heavy atom. The molecule has 2 heterocycles. The second-order valence-electron chi connectivity index (χ2n) is 6.41. The fourth-order valence-corrected chi connectivity index (χ4v) is 3.50. The van der Waals surface area contributed by atoms with Crippen LogP contribution in [0.15, 0.2) is 30.3 Å². The summed E-state index contributed by atoms with van der Waals surface area (Å²) in [6.07, 6.45) is 5.07. The molecule has 1 aromatic carbocycles. The molecule has 0 spiro atoms. The average molecular weight is 337 g/mol. The van der Waals surface area contributed by atoms with Gasteiger partial charge in [-0.15, -0.1) is 12.4 Å². The van der Waals surface area contributed by atoms with Crippen molar-refractivity contribution >= 4 is 24.1 Å². The minimum atomic E-state index is 0. The molecule has 0 aliphatic carbocycles. The minimum Gasteiger partial charge on any atom is -0.341 e. The highest BCUT2D eigenvalue weighted by Gasteiger charge is 2.30. The van der Waals surface area contributed by atoms with Crippen LogP contribution in [0.4, 0.5) is 0 Å². The Morgan fingerprint density at radius 3 is 2.57 bits per heavy atom. The normalized spacial score (nSPS) is 23.0. The van der Waals surface area contributed by atoms with Gasteiger partial charge >= 0.3 is 0 Å². The molecule has 4 nitrogen and oxygen atoms in total. The maximum Gasteiger partial charge on any atom is 0.222 e. The number of hydrogen-bond donors (Lipinski definition) is 1. The Kier molecular flexibility index (Phi) is 6.60. The number of fused-ring (bicyclic) bond motifs is 2. The molecular formula is C18H25ClN2O2. The standard InChI is InChI=1S/C18H24N2O2.ClH/c21-17(14-5-2-1-3-6-14)7-4-8-18(22)20-12-11-15-9-10-16(13-20)19-15;/h1-3,5-6,15-16,19H,4,7-13H2;1H/t15-,16+;/m1./s1. The van der Waals surface area contributed by atoms with Gasteiger partial charge in [0.2, 0.25) is 5.91 Å². The molecule has 2 atom stereocenters. The van der Waals surface area contributed by atoms with Crippen LogP contribution in [0, 0.1) is 0 Å². The first kappa shape index (κ1) is 18.0. The van der Waals surface area contributed by atoms with Crippen LogP contribution in [-0.2, 0) is 4.79 Å². The number of likely N-dealkylation sites (tertiary alicyclic amines) is 1. The van der Waals surface area contributed by atoms with Crippen LogP contribution in [0.25, 0.3) is 0 Å². The molecule has 2 fully saturated rings. The lowest BCUT2D eigenvalue weighted by molar-refractivity contribution is -0.131. The van der Waals surface area contributed by atoms with E-state index in [0.29, 0.717) is 31.3 Å². The second-order valence-corrected chi connectivity index (χ2v) is 6.41. The molecule has 5 heteroatoms. The number of rotatable bonds is 5. The number of carbonyl (C=O) groups excluding carboxylic acids is 2. The average Bonchev–Trinajstić information content (AvgIpc) is 2.87. The fraction of sp³-hybridized carbons (Fsp3) is 0.556. The predicted octanol–water partition coefficient (Wildman–Crippen LogP) is 2.81. The third kappa shape index (κ3) is 4.79. The summed E-state index contributed by atoms with van der Waals surface area (Å²) in [6.45, 7) is 1.70. The van der Waals surface area contributed by atoms with Crippen LogP contribution in [0.3, 0.4) is 0 Å². The first-order chi connectivity index (χ1) is 10.7. The fourth-order valence-electron chi connectivity index (χ4n) is 3.50. The van der Waals surface area contributed by atoms with Crippen LogP contribution in [-0.4, -0.2) is 41.8 Å². The molecule has 2 aliphatic heterocycles. The van der Waals surface area contributed by atoms with E-state index >= 15 is 0 Å². The third-order valence-corrected chi connectivity index (χ3v) is 4.77. The minimum absolute atomic E-state index is 0.